The minimum atomic E-state index is 0.220. The molecule has 0 aromatic heterocycles. The molecule has 2 heteroatoms. The lowest BCUT2D eigenvalue weighted by Crippen LogP contribution is -2.47. The fourth-order valence-corrected chi connectivity index (χ4v) is 15.5. The largest absolute Gasteiger partial charge is 0.350 e. The molecule has 14 unspecified atom stereocenters. The van der Waals surface area contributed by atoms with Crippen molar-refractivity contribution in [2.24, 2.45) is 106 Å². The van der Waals surface area contributed by atoms with E-state index in [1.807, 2.05) is 0 Å². The van der Waals surface area contributed by atoms with E-state index in [1.54, 1.807) is 12.8 Å². The van der Waals surface area contributed by atoms with Crippen molar-refractivity contribution in [3.8, 4) is 0 Å². The first-order valence-corrected chi connectivity index (χ1v) is 11.7. The maximum Gasteiger partial charge on any atom is 0.164 e. The van der Waals surface area contributed by atoms with E-state index in [9.17, 15) is 0 Å². The zero-order valence-corrected chi connectivity index (χ0v) is 14.5. The Kier molecular flexibility index (Phi) is 1.35. The van der Waals surface area contributed by atoms with Gasteiger partial charge in [-0.3, -0.25) is 0 Å². The van der Waals surface area contributed by atoms with E-state index in [0.717, 1.165) is 66.5 Å². The Labute approximate surface area is 148 Å². The van der Waals surface area contributed by atoms with Gasteiger partial charge in [-0.1, -0.05) is 0 Å². The Hall–Kier alpha value is -0.0800. The second kappa shape index (κ2) is 2.89. The first kappa shape index (κ1) is 11.7. The first-order valence-electron chi connectivity index (χ1n) is 11.7. The highest BCUT2D eigenvalue weighted by Gasteiger charge is 2.97. The molecule has 10 aliphatic carbocycles. The van der Waals surface area contributed by atoms with Crippen LogP contribution in [0.3, 0.4) is 0 Å². The van der Waals surface area contributed by atoms with Crippen LogP contribution in [0.1, 0.15) is 12.8 Å². The summed E-state index contributed by atoms with van der Waals surface area (Å²) >= 11 is 0. The van der Waals surface area contributed by atoms with Crippen LogP contribution in [-0.4, -0.2) is 19.5 Å². The lowest BCUT2D eigenvalue weighted by Gasteiger charge is -2.45. The number of hydrogen-bond donors (Lipinski definition) is 0. The first-order chi connectivity index (χ1) is 12.4. The topological polar surface area (TPSA) is 18.5 Å². The highest BCUT2D eigenvalue weighted by molar-refractivity contribution is 5.43. The highest BCUT2D eigenvalue weighted by Crippen LogP contribution is 2.99. The summed E-state index contributed by atoms with van der Waals surface area (Å²) in [5.41, 5.74) is 0.515. The zero-order valence-electron chi connectivity index (χ0n) is 14.5. The summed E-state index contributed by atoms with van der Waals surface area (Å²) in [4.78, 5) is 0. The van der Waals surface area contributed by atoms with Crippen molar-refractivity contribution < 1.29 is 9.47 Å². The molecule has 1 saturated heterocycles. The fourth-order valence-electron chi connectivity index (χ4n) is 15.5. The maximum atomic E-state index is 6.46. The molecular formula is C23H26O2. The molecule has 0 N–H and O–H groups in total. The molecule has 0 spiro atoms. The van der Waals surface area contributed by atoms with Crippen molar-refractivity contribution >= 4 is 0 Å². The fraction of sp³-hybridized carbons (Fsp3) is 1.00. The van der Waals surface area contributed by atoms with Gasteiger partial charge in [-0.25, -0.2) is 0 Å². The van der Waals surface area contributed by atoms with Crippen molar-refractivity contribution in [3.05, 3.63) is 0 Å². The minimum absolute atomic E-state index is 0.220. The molecule has 1 aliphatic heterocycles. The molecule has 14 atom stereocenters. The SMILES string of the molecule is C1COC(C23C4C5CC6C7C8CC4C4C8C8C7C7C6C5C2C7C8C43)O1. The molecule has 0 aromatic rings. The van der Waals surface area contributed by atoms with Crippen LogP contribution in [0.25, 0.3) is 0 Å². The Morgan fingerprint density at radius 1 is 0.480 bits per heavy atom. The van der Waals surface area contributed by atoms with E-state index >= 15 is 0 Å². The Bertz CT molecular complexity index is 742. The summed E-state index contributed by atoms with van der Waals surface area (Å²) in [5, 5.41) is 0. The molecule has 1 heterocycles. The lowest BCUT2D eigenvalue weighted by atomic mass is 9.63. The predicted molar refractivity (Wildman–Crippen MR) is 86.7 cm³/mol. The molecule has 11 rings (SSSR count). The molecule has 11 fully saturated rings. The molecular weight excluding hydrogens is 308 g/mol. The van der Waals surface area contributed by atoms with Gasteiger partial charge < -0.3 is 9.47 Å². The maximum absolute atomic E-state index is 6.46. The van der Waals surface area contributed by atoms with Gasteiger partial charge in [0, 0.05) is 5.41 Å². The van der Waals surface area contributed by atoms with E-state index in [2.05, 4.69) is 0 Å². The molecule has 10 saturated carbocycles. The molecule has 25 heavy (non-hydrogen) atoms. The number of fused-ring (bicyclic) bond motifs is 4. The normalized spacial score (nSPS) is 89.0. The average molecular weight is 334 g/mol. The monoisotopic (exact) mass is 334 g/mol. The van der Waals surface area contributed by atoms with Gasteiger partial charge in [0.15, 0.2) is 6.29 Å². The molecule has 0 amide bonds. The van der Waals surface area contributed by atoms with E-state index in [0.29, 0.717) is 5.41 Å². The van der Waals surface area contributed by atoms with Crippen molar-refractivity contribution in [1.29, 1.82) is 0 Å². The van der Waals surface area contributed by atoms with Crippen molar-refractivity contribution in [3.63, 3.8) is 0 Å². The second-order valence-corrected chi connectivity index (χ2v) is 12.6. The van der Waals surface area contributed by atoms with Crippen LogP contribution in [0.15, 0.2) is 0 Å². The summed E-state index contributed by atoms with van der Waals surface area (Å²) in [7, 11) is 0. The van der Waals surface area contributed by atoms with Crippen LogP contribution in [0.4, 0.5) is 0 Å². The Morgan fingerprint density at radius 2 is 1.04 bits per heavy atom. The van der Waals surface area contributed by atoms with Crippen LogP contribution in [0, 0.1) is 106 Å². The molecule has 11 aliphatic rings. The van der Waals surface area contributed by atoms with Gasteiger partial charge in [0.25, 0.3) is 0 Å². The van der Waals surface area contributed by atoms with E-state index < -0.39 is 0 Å². The Morgan fingerprint density at radius 3 is 1.64 bits per heavy atom. The zero-order chi connectivity index (χ0) is 15.1. The lowest BCUT2D eigenvalue weighted by molar-refractivity contribution is -0.177. The number of hydrogen-bond acceptors (Lipinski definition) is 2. The van der Waals surface area contributed by atoms with Crippen LogP contribution in [0.5, 0.6) is 0 Å². The summed E-state index contributed by atoms with van der Waals surface area (Å²) in [6, 6.07) is 0. The van der Waals surface area contributed by atoms with Gasteiger partial charge >= 0.3 is 0 Å². The minimum Gasteiger partial charge on any atom is -0.350 e. The quantitative estimate of drug-likeness (QED) is 0.734. The third-order valence-electron chi connectivity index (χ3n) is 13.8. The predicted octanol–water partition coefficient (Wildman–Crippen LogP) is 2.74. The van der Waals surface area contributed by atoms with Crippen LogP contribution in [-0.2, 0) is 9.47 Å². The standard InChI is InChI=1S/C23H26O2/c1-2-25-22(24-1)23-19-7-3-5-9-6-4-8(19)13-11(6)16-14(9)15-10(5)12(7)20(23)17(15)18(16)21(13)23/h5-22H,1-4H2. The van der Waals surface area contributed by atoms with Crippen molar-refractivity contribution in [1.82, 2.24) is 0 Å². The summed E-state index contributed by atoms with van der Waals surface area (Å²) in [5.74, 6) is 19.5. The third-order valence-corrected chi connectivity index (χ3v) is 13.8. The van der Waals surface area contributed by atoms with Crippen LogP contribution < -0.4 is 0 Å². The van der Waals surface area contributed by atoms with Crippen molar-refractivity contribution in [2.45, 2.75) is 19.1 Å². The molecule has 0 bridgehead atoms. The number of rotatable bonds is 1. The molecule has 0 radical (unpaired) electrons. The summed E-state index contributed by atoms with van der Waals surface area (Å²) in [6.45, 7) is 1.77. The third kappa shape index (κ3) is 0.713. The van der Waals surface area contributed by atoms with Gasteiger partial charge in [-0.2, -0.15) is 0 Å². The number of ether oxygens (including phenoxy) is 2. The molecule has 130 valence electrons. The van der Waals surface area contributed by atoms with Gasteiger partial charge in [0.2, 0.25) is 0 Å². The van der Waals surface area contributed by atoms with E-state index in [4.69, 9.17) is 9.47 Å². The highest BCUT2D eigenvalue weighted by atomic mass is 16.7. The van der Waals surface area contributed by atoms with Crippen LogP contribution in [0.2, 0.25) is 0 Å². The Balaban J connectivity index is 1.34. The molecule has 0 aromatic carbocycles. The van der Waals surface area contributed by atoms with E-state index in [-0.39, 0.29) is 6.29 Å². The van der Waals surface area contributed by atoms with Gasteiger partial charge in [0.05, 0.1) is 13.2 Å². The van der Waals surface area contributed by atoms with E-state index in [1.165, 1.54) is 47.3 Å². The summed E-state index contributed by atoms with van der Waals surface area (Å²) < 4.78 is 12.9. The van der Waals surface area contributed by atoms with Gasteiger partial charge in [-0.05, 0) is 113 Å². The smallest absolute Gasteiger partial charge is 0.164 e. The average Bonchev–Trinajstić information content (AvgIpc) is 3.32. The van der Waals surface area contributed by atoms with Crippen LogP contribution >= 0.6 is 0 Å². The van der Waals surface area contributed by atoms with Crippen molar-refractivity contribution in [2.75, 3.05) is 13.2 Å². The summed E-state index contributed by atoms with van der Waals surface area (Å²) in [6.07, 6.45) is 3.54. The second-order valence-electron chi connectivity index (χ2n) is 12.6. The molecule has 2 nitrogen and oxygen atoms in total. The van der Waals surface area contributed by atoms with Gasteiger partial charge in [-0.15, -0.1) is 0 Å². The van der Waals surface area contributed by atoms with Gasteiger partial charge in [0.1, 0.15) is 0 Å².